The zero-order valence-corrected chi connectivity index (χ0v) is 12.3. The van der Waals surface area contributed by atoms with Crippen LogP contribution in [-0.4, -0.2) is 21.3 Å². The van der Waals surface area contributed by atoms with Gasteiger partial charge in [-0.05, 0) is 11.2 Å². The van der Waals surface area contributed by atoms with Crippen molar-refractivity contribution in [1.29, 1.82) is 0 Å². The van der Waals surface area contributed by atoms with Crippen molar-refractivity contribution in [3.8, 4) is 0 Å². The lowest BCUT2D eigenvalue weighted by atomic mass is 10.1. The van der Waals surface area contributed by atoms with Gasteiger partial charge in [0.2, 0.25) is 0 Å². The van der Waals surface area contributed by atoms with Crippen molar-refractivity contribution < 1.29 is 9.90 Å². The predicted molar refractivity (Wildman–Crippen MR) is 74.0 cm³/mol. The molecular formula is C12H19NO2S2. The maximum absolute atomic E-state index is 10.8. The summed E-state index contributed by atoms with van der Waals surface area (Å²) in [5, 5.41) is 10.5. The van der Waals surface area contributed by atoms with Gasteiger partial charge in [0.25, 0.3) is 0 Å². The molecular weight excluding hydrogens is 254 g/mol. The first kappa shape index (κ1) is 14.5. The van der Waals surface area contributed by atoms with Gasteiger partial charge >= 0.3 is 5.97 Å². The van der Waals surface area contributed by atoms with Gasteiger partial charge in [-0.25, -0.2) is 4.98 Å². The van der Waals surface area contributed by atoms with Crippen molar-refractivity contribution in [2.75, 3.05) is 0 Å². The lowest BCUT2D eigenvalue weighted by molar-refractivity contribution is -0.136. The van der Waals surface area contributed by atoms with E-state index in [1.807, 2.05) is 11.8 Å². The molecule has 0 spiro atoms. The van der Waals surface area contributed by atoms with Gasteiger partial charge in [0.1, 0.15) is 5.01 Å². The van der Waals surface area contributed by atoms with Gasteiger partial charge in [0.15, 0.2) is 0 Å². The number of carboxylic acids is 1. The lowest BCUT2D eigenvalue weighted by Crippen LogP contribution is -2.02. The van der Waals surface area contributed by atoms with E-state index in [4.69, 9.17) is 5.11 Å². The molecule has 1 N–H and O–H groups in total. The van der Waals surface area contributed by atoms with Crippen LogP contribution >= 0.6 is 23.1 Å². The molecule has 0 aromatic carbocycles. The molecule has 0 saturated heterocycles. The molecule has 5 heteroatoms. The Hall–Kier alpha value is -0.550. The molecule has 3 nitrogen and oxygen atoms in total. The summed E-state index contributed by atoms with van der Waals surface area (Å²) in [4.78, 5) is 16.3. The topological polar surface area (TPSA) is 50.2 Å². The second-order valence-corrected chi connectivity index (χ2v) is 7.23. The summed E-state index contributed by atoms with van der Waals surface area (Å²) in [5.74, 6) is 0.388. The normalized spacial score (nSPS) is 11.4. The number of carbonyl (C=O) groups is 1. The van der Waals surface area contributed by atoms with Crippen molar-refractivity contribution >= 4 is 29.1 Å². The van der Waals surface area contributed by atoms with Crippen molar-refractivity contribution in [2.45, 2.75) is 51.0 Å². The fourth-order valence-corrected chi connectivity index (χ4v) is 3.42. The Kier molecular flexibility index (Phi) is 5.46. The van der Waals surface area contributed by atoms with E-state index in [0.29, 0.717) is 11.2 Å². The van der Waals surface area contributed by atoms with Gasteiger partial charge in [0.05, 0.1) is 12.1 Å². The fraction of sp³-hybridized carbons (Fsp3) is 0.667. The van der Waals surface area contributed by atoms with Crippen LogP contribution in [0.15, 0.2) is 0 Å². The number of nitrogens with zero attached hydrogens (tertiary/aromatic N) is 1. The molecule has 0 amide bonds. The van der Waals surface area contributed by atoms with Crippen LogP contribution in [0.25, 0.3) is 0 Å². The van der Waals surface area contributed by atoms with Crippen LogP contribution in [-0.2, 0) is 17.0 Å². The Morgan fingerprint density at radius 1 is 1.41 bits per heavy atom. The SMILES string of the molecule is CC(C)SCc1nc(C(C)C)c(CC(=O)O)s1. The number of aliphatic carboxylic acids is 1. The van der Waals surface area contributed by atoms with E-state index in [2.05, 4.69) is 32.7 Å². The van der Waals surface area contributed by atoms with E-state index in [0.717, 1.165) is 21.3 Å². The molecule has 1 rings (SSSR count). The third-order valence-electron chi connectivity index (χ3n) is 2.17. The first-order valence-electron chi connectivity index (χ1n) is 5.72. The maximum atomic E-state index is 10.8. The predicted octanol–water partition coefficient (Wildman–Crippen LogP) is 3.54. The van der Waals surface area contributed by atoms with Crippen LogP contribution in [0.2, 0.25) is 0 Å². The molecule has 0 atom stereocenters. The van der Waals surface area contributed by atoms with Crippen LogP contribution in [0.4, 0.5) is 0 Å². The monoisotopic (exact) mass is 273 g/mol. The lowest BCUT2D eigenvalue weighted by Gasteiger charge is -2.02. The van der Waals surface area contributed by atoms with Crippen molar-refractivity contribution in [1.82, 2.24) is 4.98 Å². The summed E-state index contributed by atoms with van der Waals surface area (Å²) < 4.78 is 0. The minimum atomic E-state index is -0.779. The first-order chi connectivity index (χ1) is 7.90. The van der Waals surface area contributed by atoms with E-state index >= 15 is 0 Å². The molecule has 0 unspecified atom stereocenters. The summed E-state index contributed by atoms with van der Waals surface area (Å²) in [6.45, 7) is 8.42. The fourth-order valence-electron chi connectivity index (χ4n) is 1.43. The largest absolute Gasteiger partial charge is 0.481 e. The highest BCUT2D eigenvalue weighted by atomic mass is 32.2. The molecule has 0 radical (unpaired) electrons. The molecule has 17 heavy (non-hydrogen) atoms. The number of hydrogen-bond donors (Lipinski definition) is 1. The molecule has 1 aromatic heterocycles. The van der Waals surface area contributed by atoms with E-state index in [1.54, 1.807) is 11.3 Å². The summed E-state index contributed by atoms with van der Waals surface area (Å²) in [5.41, 5.74) is 0.955. The summed E-state index contributed by atoms with van der Waals surface area (Å²) in [7, 11) is 0. The van der Waals surface area contributed by atoms with E-state index in [-0.39, 0.29) is 6.42 Å². The van der Waals surface area contributed by atoms with E-state index < -0.39 is 5.97 Å². The number of carboxylic acid groups (broad SMARTS) is 1. The molecule has 0 saturated carbocycles. The number of thioether (sulfide) groups is 1. The van der Waals surface area contributed by atoms with Gasteiger partial charge in [-0.2, -0.15) is 11.8 Å². The van der Waals surface area contributed by atoms with Crippen LogP contribution in [0.3, 0.4) is 0 Å². The first-order valence-corrected chi connectivity index (χ1v) is 7.58. The highest BCUT2D eigenvalue weighted by molar-refractivity contribution is 7.99. The second-order valence-electron chi connectivity index (χ2n) is 4.50. The van der Waals surface area contributed by atoms with E-state index in [1.165, 1.54) is 0 Å². The quantitative estimate of drug-likeness (QED) is 0.861. The zero-order chi connectivity index (χ0) is 13.0. The van der Waals surface area contributed by atoms with Crippen molar-refractivity contribution in [3.05, 3.63) is 15.6 Å². The molecule has 0 fully saturated rings. The van der Waals surface area contributed by atoms with Gasteiger partial charge in [-0.3, -0.25) is 4.79 Å². The average Bonchev–Trinajstić information content (AvgIpc) is 2.57. The second kappa shape index (κ2) is 6.40. The van der Waals surface area contributed by atoms with E-state index in [9.17, 15) is 4.79 Å². The Morgan fingerprint density at radius 2 is 2.06 bits per heavy atom. The van der Waals surface area contributed by atoms with Crippen LogP contribution in [0.1, 0.15) is 49.2 Å². The maximum Gasteiger partial charge on any atom is 0.308 e. The summed E-state index contributed by atoms with van der Waals surface area (Å²) in [6, 6.07) is 0. The Labute approximate surface area is 111 Å². The van der Waals surface area contributed by atoms with Gasteiger partial charge < -0.3 is 5.11 Å². The number of thiazole rings is 1. The van der Waals surface area contributed by atoms with Crippen LogP contribution < -0.4 is 0 Å². The third-order valence-corrected chi connectivity index (χ3v) is 4.53. The molecule has 0 aliphatic rings. The van der Waals surface area contributed by atoms with Gasteiger partial charge in [-0.1, -0.05) is 27.7 Å². The Bertz CT molecular complexity index is 386. The summed E-state index contributed by atoms with van der Waals surface area (Å²) >= 11 is 3.38. The average molecular weight is 273 g/mol. The minimum Gasteiger partial charge on any atom is -0.481 e. The Morgan fingerprint density at radius 3 is 2.53 bits per heavy atom. The van der Waals surface area contributed by atoms with Gasteiger partial charge in [-0.15, -0.1) is 11.3 Å². The van der Waals surface area contributed by atoms with Gasteiger partial charge in [0, 0.05) is 10.6 Å². The number of hydrogen-bond acceptors (Lipinski definition) is 4. The highest BCUT2D eigenvalue weighted by Gasteiger charge is 2.16. The smallest absolute Gasteiger partial charge is 0.308 e. The van der Waals surface area contributed by atoms with Crippen LogP contribution in [0.5, 0.6) is 0 Å². The molecule has 0 bridgehead atoms. The Balaban J connectivity index is 2.83. The molecule has 1 heterocycles. The summed E-state index contributed by atoms with van der Waals surface area (Å²) in [6.07, 6.45) is 0.0948. The zero-order valence-electron chi connectivity index (χ0n) is 10.7. The van der Waals surface area contributed by atoms with Crippen molar-refractivity contribution in [3.63, 3.8) is 0 Å². The standard InChI is InChI=1S/C12H19NO2S2/c1-7(2)12-9(5-11(14)15)17-10(13-12)6-16-8(3)4/h7-8H,5-6H2,1-4H3,(H,14,15). The molecule has 0 aliphatic heterocycles. The van der Waals surface area contributed by atoms with Crippen molar-refractivity contribution in [2.24, 2.45) is 0 Å². The third kappa shape index (κ3) is 4.68. The van der Waals surface area contributed by atoms with Crippen LogP contribution in [0, 0.1) is 0 Å². The minimum absolute atomic E-state index is 0.0948. The molecule has 96 valence electrons. The molecule has 1 aromatic rings. The number of aromatic nitrogens is 1. The number of rotatable bonds is 6. The highest BCUT2D eigenvalue weighted by Crippen LogP contribution is 2.28. The molecule has 0 aliphatic carbocycles.